The predicted molar refractivity (Wildman–Crippen MR) is 91.1 cm³/mol. The van der Waals surface area contributed by atoms with Crippen LogP contribution in [0.25, 0.3) is 0 Å². The molecule has 4 saturated carbocycles. The van der Waals surface area contributed by atoms with E-state index in [4.69, 9.17) is 0 Å². The fraction of sp³-hybridized carbons (Fsp3) is 0.944. The number of piperidine rings is 1. The molecule has 1 heterocycles. The first-order valence-corrected chi connectivity index (χ1v) is 9.06. The number of carbonyl (C=O) groups excluding carboxylic acids is 1. The van der Waals surface area contributed by atoms with Crippen molar-refractivity contribution in [3.63, 3.8) is 0 Å². The molecule has 0 radical (unpaired) electrons. The summed E-state index contributed by atoms with van der Waals surface area (Å²) in [5, 5.41) is 6.78. The van der Waals surface area contributed by atoms with Crippen LogP contribution < -0.4 is 10.6 Å². The topological polar surface area (TPSA) is 41.1 Å². The van der Waals surface area contributed by atoms with Crippen LogP contribution in [0, 0.1) is 23.2 Å². The number of hydrogen-bond donors (Lipinski definition) is 2. The molecule has 4 bridgehead atoms. The summed E-state index contributed by atoms with van der Waals surface area (Å²) < 4.78 is 0. The SMILES string of the molecule is CC1(NC(=O)CC23CC4CC(CC(C4)C2)C3)CCNCC1.Cl. The van der Waals surface area contributed by atoms with Gasteiger partial charge in [0.25, 0.3) is 0 Å². The summed E-state index contributed by atoms with van der Waals surface area (Å²) in [6.07, 6.45) is 11.3. The molecule has 1 amide bonds. The Morgan fingerprint density at radius 2 is 1.55 bits per heavy atom. The molecule has 4 aliphatic carbocycles. The molecule has 126 valence electrons. The molecule has 3 nitrogen and oxygen atoms in total. The molecule has 0 unspecified atom stereocenters. The summed E-state index contributed by atoms with van der Waals surface area (Å²) in [5.41, 5.74) is 0.409. The maximum absolute atomic E-state index is 12.7. The van der Waals surface area contributed by atoms with Crippen molar-refractivity contribution in [3.8, 4) is 0 Å². The fourth-order valence-electron chi connectivity index (χ4n) is 6.33. The van der Waals surface area contributed by atoms with Crippen molar-refractivity contribution in [2.45, 2.75) is 70.3 Å². The van der Waals surface area contributed by atoms with Crippen molar-refractivity contribution >= 4 is 18.3 Å². The third-order valence-electron chi connectivity index (χ3n) is 6.85. The smallest absolute Gasteiger partial charge is 0.220 e. The van der Waals surface area contributed by atoms with Gasteiger partial charge in [0, 0.05) is 12.0 Å². The average Bonchev–Trinajstić information content (AvgIpc) is 2.35. The first-order valence-electron chi connectivity index (χ1n) is 9.06. The van der Waals surface area contributed by atoms with E-state index in [2.05, 4.69) is 17.6 Å². The molecule has 0 aromatic rings. The molecule has 0 aromatic carbocycles. The Morgan fingerprint density at radius 3 is 2.05 bits per heavy atom. The van der Waals surface area contributed by atoms with E-state index in [0.717, 1.165) is 50.1 Å². The molecule has 0 atom stereocenters. The van der Waals surface area contributed by atoms with Gasteiger partial charge >= 0.3 is 0 Å². The van der Waals surface area contributed by atoms with Gasteiger partial charge in [-0.25, -0.2) is 0 Å². The molecule has 0 aromatic heterocycles. The minimum absolute atomic E-state index is 0. The molecule has 5 aliphatic rings. The fourth-order valence-corrected chi connectivity index (χ4v) is 6.33. The van der Waals surface area contributed by atoms with Crippen molar-refractivity contribution in [1.82, 2.24) is 10.6 Å². The number of nitrogens with one attached hydrogen (secondary N) is 2. The van der Waals surface area contributed by atoms with Gasteiger partial charge in [-0.05, 0) is 94.5 Å². The molecule has 0 spiro atoms. The normalized spacial score (nSPS) is 41.8. The van der Waals surface area contributed by atoms with Crippen LogP contribution in [-0.2, 0) is 4.79 Å². The zero-order chi connectivity index (χ0) is 14.5. The highest BCUT2D eigenvalue weighted by molar-refractivity contribution is 5.85. The average molecular weight is 327 g/mol. The number of halogens is 1. The lowest BCUT2D eigenvalue weighted by Gasteiger charge is -2.56. The number of hydrogen-bond acceptors (Lipinski definition) is 2. The minimum atomic E-state index is 0. The molecular formula is C18H31ClN2O. The first kappa shape index (κ1) is 16.6. The minimum Gasteiger partial charge on any atom is -0.351 e. The molecule has 5 fully saturated rings. The van der Waals surface area contributed by atoms with E-state index in [1.54, 1.807) is 0 Å². The lowest BCUT2D eigenvalue weighted by atomic mass is 9.49. The van der Waals surface area contributed by atoms with E-state index in [-0.39, 0.29) is 17.9 Å². The Morgan fingerprint density at radius 1 is 1.05 bits per heavy atom. The van der Waals surface area contributed by atoms with E-state index in [9.17, 15) is 4.79 Å². The van der Waals surface area contributed by atoms with Crippen molar-refractivity contribution in [3.05, 3.63) is 0 Å². The van der Waals surface area contributed by atoms with Gasteiger partial charge in [0.15, 0.2) is 0 Å². The largest absolute Gasteiger partial charge is 0.351 e. The van der Waals surface area contributed by atoms with Gasteiger partial charge in [-0.1, -0.05) is 0 Å². The van der Waals surface area contributed by atoms with Gasteiger partial charge < -0.3 is 10.6 Å². The third-order valence-corrected chi connectivity index (χ3v) is 6.85. The molecule has 22 heavy (non-hydrogen) atoms. The van der Waals surface area contributed by atoms with E-state index < -0.39 is 0 Å². The zero-order valence-corrected chi connectivity index (χ0v) is 14.6. The number of rotatable bonds is 3. The molecule has 4 heteroatoms. The van der Waals surface area contributed by atoms with Crippen molar-refractivity contribution in [2.24, 2.45) is 23.2 Å². The van der Waals surface area contributed by atoms with Crippen LogP contribution in [0.3, 0.4) is 0 Å². The summed E-state index contributed by atoms with van der Waals surface area (Å²) in [6.45, 7) is 4.30. The maximum Gasteiger partial charge on any atom is 0.220 e. The molecule has 2 N–H and O–H groups in total. The van der Waals surface area contributed by atoms with Crippen LogP contribution in [0.1, 0.15) is 64.7 Å². The van der Waals surface area contributed by atoms with Gasteiger partial charge in [-0.15, -0.1) is 12.4 Å². The number of carbonyl (C=O) groups is 1. The first-order chi connectivity index (χ1) is 10.0. The standard InChI is InChI=1S/C18H30N2O.ClH/c1-17(2-4-19-5-3-17)20-16(21)12-18-9-13-6-14(10-18)8-15(7-13)11-18;/h13-15,19H,2-12H2,1H3,(H,20,21);1H. The van der Waals surface area contributed by atoms with Gasteiger partial charge in [-0.2, -0.15) is 0 Å². The van der Waals surface area contributed by atoms with E-state index >= 15 is 0 Å². The zero-order valence-electron chi connectivity index (χ0n) is 13.8. The highest BCUT2D eigenvalue weighted by Gasteiger charge is 2.51. The third kappa shape index (κ3) is 3.17. The second-order valence-electron chi connectivity index (χ2n) is 8.95. The van der Waals surface area contributed by atoms with Crippen molar-refractivity contribution in [1.29, 1.82) is 0 Å². The maximum atomic E-state index is 12.7. The van der Waals surface area contributed by atoms with Crippen LogP contribution in [0.15, 0.2) is 0 Å². The summed E-state index contributed by atoms with van der Waals surface area (Å²) in [6, 6.07) is 0. The lowest BCUT2D eigenvalue weighted by Crippen LogP contribution is -2.54. The number of amides is 1. The Balaban J connectivity index is 0.00000144. The van der Waals surface area contributed by atoms with Crippen LogP contribution >= 0.6 is 12.4 Å². The van der Waals surface area contributed by atoms with Gasteiger partial charge in [-0.3, -0.25) is 4.79 Å². The van der Waals surface area contributed by atoms with E-state index in [0.29, 0.717) is 11.3 Å². The van der Waals surface area contributed by atoms with Crippen LogP contribution in [0.2, 0.25) is 0 Å². The molecule has 1 saturated heterocycles. The van der Waals surface area contributed by atoms with Crippen LogP contribution in [0.5, 0.6) is 0 Å². The monoisotopic (exact) mass is 326 g/mol. The van der Waals surface area contributed by atoms with E-state index in [1.807, 2.05) is 0 Å². The van der Waals surface area contributed by atoms with Crippen LogP contribution in [0.4, 0.5) is 0 Å². The molecule has 1 aliphatic heterocycles. The summed E-state index contributed by atoms with van der Waals surface area (Å²) >= 11 is 0. The lowest BCUT2D eigenvalue weighted by molar-refractivity contribution is -0.131. The Kier molecular flexibility index (Phi) is 4.50. The quantitative estimate of drug-likeness (QED) is 0.835. The second-order valence-corrected chi connectivity index (χ2v) is 8.95. The Bertz CT molecular complexity index is 396. The van der Waals surface area contributed by atoms with Gasteiger partial charge in [0.05, 0.1) is 0 Å². The summed E-state index contributed by atoms with van der Waals surface area (Å²) in [4.78, 5) is 12.7. The van der Waals surface area contributed by atoms with Gasteiger partial charge in [0.1, 0.15) is 0 Å². The Labute approximate surface area is 140 Å². The van der Waals surface area contributed by atoms with E-state index in [1.165, 1.54) is 38.5 Å². The summed E-state index contributed by atoms with van der Waals surface area (Å²) in [5.74, 6) is 3.16. The van der Waals surface area contributed by atoms with Crippen LogP contribution in [-0.4, -0.2) is 24.5 Å². The van der Waals surface area contributed by atoms with Gasteiger partial charge in [0.2, 0.25) is 5.91 Å². The van der Waals surface area contributed by atoms with Crippen molar-refractivity contribution < 1.29 is 4.79 Å². The van der Waals surface area contributed by atoms with Crippen molar-refractivity contribution in [2.75, 3.05) is 13.1 Å². The Hall–Kier alpha value is -0.280. The predicted octanol–water partition coefficient (Wildman–Crippen LogP) is 3.27. The molecule has 5 rings (SSSR count). The highest BCUT2D eigenvalue weighted by atomic mass is 35.5. The second kappa shape index (κ2) is 5.98. The molecular weight excluding hydrogens is 296 g/mol. The summed E-state index contributed by atoms with van der Waals surface area (Å²) in [7, 11) is 0. The highest BCUT2D eigenvalue weighted by Crippen LogP contribution is 2.61.